The molecule has 0 bridgehead atoms. The lowest BCUT2D eigenvalue weighted by molar-refractivity contribution is -0.137. The second-order valence-electron chi connectivity index (χ2n) is 6.91. The topological polar surface area (TPSA) is 75.3 Å². The van der Waals surface area contributed by atoms with Crippen molar-refractivity contribution in [2.45, 2.75) is 37.4 Å². The fourth-order valence-electron chi connectivity index (χ4n) is 2.21. The highest BCUT2D eigenvalue weighted by Gasteiger charge is 2.30. The van der Waals surface area contributed by atoms with E-state index in [4.69, 9.17) is 0 Å². The van der Waals surface area contributed by atoms with Gasteiger partial charge in [0.25, 0.3) is 5.91 Å². The highest BCUT2D eigenvalue weighted by Crippen LogP contribution is 2.29. The average molecular weight is 400 g/mol. The third-order valence-electron chi connectivity index (χ3n) is 3.32. The number of anilines is 1. The van der Waals surface area contributed by atoms with Gasteiger partial charge in [-0.25, -0.2) is 13.1 Å². The fraction of sp³-hybridized carbons (Fsp3) is 0.278. The van der Waals surface area contributed by atoms with E-state index < -0.39 is 33.2 Å². The van der Waals surface area contributed by atoms with Gasteiger partial charge in [0.1, 0.15) is 0 Å². The highest BCUT2D eigenvalue weighted by atomic mass is 32.2. The normalized spacial score (nSPS) is 12.7. The summed E-state index contributed by atoms with van der Waals surface area (Å²) in [4.78, 5) is 12.2. The molecule has 27 heavy (non-hydrogen) atoms. The second kappa shape index (κ2) is 7.32. The number of alkyl halides is 3. The van der Waals surface area contributed by atoms with Crippen LogP contribution in [0.4, 0.5) is 18.9 Å². The monoisotopic (exact) mass is 400 g/mol. The molecule has 2 aromatic rings. The molecular weight excluding hydrogens is 381 g/mol. The minimum Gasteiger partial charge on any atom is -0.322 e. The van der Waals surface area contributed by atoms with Gasteiger partial charge in [0.05, 0.1) is 10.5 Å². The molecule has 2 rings (SSSR count). The molecule has 0 aromatic heterocycles. The van der Waals surface area contributed by atoms with Crippen LogP contribution in [0.25, 0.3) is 0 Å². The molecule has 0 heterocycles. The van der Waals surface area contributed by atoms with Gasteiger partial charge in [0.2, 0.25) is 10.0 Å². The van der Waals surface area contributed by atoms with Crippen molar-refractivity contribution in [2.75, 3.05) is 5.32 Å². The van der Waals surface area contributed by atoms with Crippen molar-refractivity contribution in [3.8, 4) is 0 Å². The van der Waals surface area contributed by atoms with Crippen LogP contribution in [-0.4, -0.2) is 19.9 Å². The Labute approximate surface area is 155 Å². The largest absolute Gasteiger partial charge is 0.416 e. The maximum atomic E-state index is 12.6. The molecule has 0 saturated heterocycles. The Balaban J connectivity index is 2.20. The number of amides is 1. The van der Waals surface area contributed by atoms with Crippen LogP contribution in [0.2, 0.25) is 0 Å². The lowest BCUT2D eigenvalue weighted by Crippen LogP contribution is -2.40. The number of rotatable bonds is 4. The zero-order valence-electron chi connectivity index (χ0n) is 14.9. The van der Waals surface area contributed by atoms with Gasteiger partial charge in [-0.3, -0.25) is 4.79 Å². The number of carbonyl (C=O) groups excluding carboxylic acids is 1. The van der Waals surface area contributed by atoms with Crippen LogP contribution in [0, 0.1) is 0 Å². The summed E-state index contributed by atoms with van der Waals surface area (Å²) in [6.07, 6.45) is -4.47. The molecule has 0 fully saturated rings. The fourth-order valence-corrected chi connectivity index (χ4v) is 3.68. The summed E-state index contributed by atoms with van der Waals surface area (Å²) in [6.45, 7) is 5.06. The number of hydrogen-bond donors (Lipinski definition) is 2. The second-order valence-corrected chi connectivity index (χ2v) is 8.59. The molecule has 0 aliphatic rings. The number of carbonyl (C=O) groups is 1. The minimum atomic E-state index is -4.47. The molecule has 0 spiro atoms. The van der Waals surface area contributed by atoms with Crippen LogP contribution < -0.4 is 10.0 Å². The first-order valence-corrected chi connectivity index (χ1v) is 9.39. The number of benzene rings is 2. The Morgan fingerprint density at radius 1 is 0.963 bits per heavy atom. The quantitative estimate of drug-likeness (QED) is 0.814. The molecule has 0 atom stereocenters. The summed E-state index contributed by atoms with van der Waals surface area (Å²) in [7, 11) is -3.82. The summed E-state index contributed by atoms with van der Waals surface area (Å²) in [6, 6.07) is 9.34. The van der Waals surface area contributed by atoms with Crippen molar-refractivity contribution in [2.24, 2.45) is 0 Å². The van der Waals surface area contributed by atoms with Gasteiger partial charge >= 0.3 is 6.18 Å². The van der Waals surface area contributed by atoms with E-state index in [1.165, 1.54) is 24.3 Å². The average Bonchev–Trinajstić information content (AvgIpc) is 2.52. The van der Waals surface area contributed by atoms with Gasteiger partial charge in [0.15, 0.2) is 0 Å². The van der Waals surface area contributed by atoms with Gasteiger partial charge < -0.3 is 5.32 Å². The van der Waals surface area contributed by atoms with Crippen LogP contribution in [0.3, 0.4) is 0 Å². The number of nitrogens with one attached hydrogen (secondary N) is 2. The molecule has 0 aliphatic carbocycles. The first-order chi connectivity index (χ1) is 12.3. The maximum absolute atomic E-state index is 12.6. The van der Waals surface area contributed by atoms with Crippen molar-refractivity contribution in [3.05, 3.63) is 59.7 Å². The Morgan fingerprint density at radius 2 is 1.56 bits per heavy atom. The smallest absolute Gasteiger partial charge is 0.322 e. The van der Waals surface area contributed by atoms with Crippen molar-refractivity contribution < 1.29 is 26.4 Å². The third kappa shape index (κ3) is 5.80. The van der Waals surface area contributed by atoms with Gasteiger partial charge in [-0.2, -0.15) is 13.2 Å². The van der Waals surface area contributed by atoms with E-state index >= 15 is 0 Å². The van der Waals surface area contributed by atoms with E-state index in [-0.39, 0.29) is 16.1 Å². The minimum absolute atomic E-state index is 0.0617. The van der Waals surface area contributed by atoms with Gasteiger partial charge in [0, 0.05) is 16.8 Å². The maximum Gasteiger partial charge on any atom is 0.416 e. The lowest BCUT2D eigenvalue weighted by atomic mass is 10.1. The predicted molar refractivity (Wildman–Crippen MR) is 95.9 cm³/mol. The highest BCUT2D eigenvalue weighted by molar-refractivity contribution is 7.89. The number of halogens is 3. The molecule has 9 heteroatoms. The summed E-state index contributed by atoms with van der Waals surface area (Å²) < 4.78 is 64.9. The summed E-state index contributed by atoms with van der Waals surface area (Å²) in [5.41, 5.74) is -1.31. The number of hydrogen-bond acceptors (Lipinski definition) is 3. The molecule has 2 N–H and O–H groups in total. The van der Waals surface area contributed by atoms with E-state index in [1.807, 2.05) is 0 Å². The van der Waals surface area contributed by atoms with E-state index in [1.54, 1.807) is 20.8 Å². The Bertz CT molecular complexity index is 932. The molecule has 0 aliphatic heterocycles. The van der Waals surface area contributed by atoms with E-state index in [0.717, 1.165) is 24.3 Å². The number of sulfonamides is 1. The lowest BCUT2D eigenvalue weighted by Gasteiger charge is -2.20. The van der Waals surface area contributed by atoms with Crippen molar-refractivity contribution >= 4 is 21.6 Å². The molecular formula is C18H19F3N2O3S. The van der Waals surface area contributed by atoms with Gasteiger partial charge in [-0.05, 0) is 63.2 Å². The molecule has 0 radical (unpaired) electrons. The zero-order chi connectivity index (χ0) is 20.5. The van der Waals surface area contributed by atoms with Crippen molar-refractivity contribution in [1.29, 1.82) is 0 Å². The van der Waals surface area contributed by atoms with Crippen LogP contribution in [0.5, 0.6) is 0 Å². The van der Waals surface area contributed by atoms with Crippen LogP contribution in [-0.2, 0) is 16.2 Å². The predicted octanol–water partition coefficient (Wildman–Crippen LogP) is 4.03. The summed E-state index contributed by atoms with van der Waals surface area (Å²) in [5.74, 6) is -0.637. The molecule has 2 aromatic carbocycles. The third-order valence-corrected chi connectivity index (χ3v) is 5.07. The Morgan fingerprint density at radius 3 is 2.07 bits per heavy atom. The SMILES string of the molecule is CC(C)(C)NS(=O)(=O)c1cccc(C(=O)Nc2ccc(C(F)(F)F)cc2)c1. The molecule has 0 unspecified atom stereocenters. The summed E-state index contributed by atoms with van der Waals surface area (Å²) >= 11 is 0. The van der Waals surface area contributed by atoms with E-state index in [0.29, 0.717) is 0 Å². The summed E-state index contributed by atoms with van der Waals surface area (Å²) in [5, 5.41) is 2.44. The van der Waals surface area contributed by atoms with Crippen LogP contribution in [0.15, 0.2) is 53.4 Å². The van der Waals surface area contributed by atoms with Gasteiger partial charge in [-0.1, -0.05) is 6.07 Å². The van der Waals surface area contributed by atoms with Crippen molar-refractivity contribution in [1.82, 2.24) is 4.72 Å². The van der Waals surface area contributed by atoms with Crippen molar-refractivity contribution in [3.63, 3.8) is 0 Å². The van der Waals surface area contributed by atoms with Gasteiger partial charge in [-0.15, -0.1) is 0 Å². The van der Waals surface area contributed by atoms with E-state index in [9.17, 15) is 26.4 Å². The molecule has 146 valence electrons. The Kier molecular flexibility index (Phi) is 5.67. The first-order valence-electron chi connectivity index (χ1n) is 7.91. The molecule has 5 nitrogen and oxygen atoms in total. The van der Waals surface area contributed by atoms with E-state index in [2.05, 4.69) is 10.0 Å². The Hall–Kier alpha value is -2.39. The van der Waals surface area contributed by atoms with Crippen LogP contribution in [0.1, 0.15) is 36.7 Å². The standard InChI is InChI=1S/C18H19F3N2O3S/c1-17(2,3)23-27(25,26)15-6-4-5-12(11-15)16(24)22-14-9-7-13(8-10-14)18(19,20)21/h4-11,23H,1-3H3,(H,22,24). The first kappa shape index (κ1) is 20.9. The molecule has 0 saturated carbocycles. The zero-order valence-corrected chi connectivity index (χ0v) is 15.7. The van der Waals surface area contributed by atoms with Crippen LogP contribution >= 0.6 is 0 Å². The molecule has 1 amide bonds.